The highest BCUT2D eigenvalue weighted by Crippen LogP contribution is 2.27. The van der Waals surface area contributed by atoms with Gasteiger partial charge in [0.05, 0.1) is 6.10 Å². The van der Waals surface area contributed by atoms with Crippen molar-refractivity contribution in [2.24, 2.45) is 0 Å². The van der Waals surface area contributed by atoms with E-state index in [-0.39, 0.29) is 31.5 Å². The number of ether oxygens (including phenoxy) is 3. The summed E-state index contributed by atoms with van der Waals surface area (Å²) in [5, 5.41) is 0. The van der Waals surface area contributed by atoms with Crippen molar-refractivity contribution in [3.05, 3.63) is 24.3 Å². The number of esters is 2. The molecule has 0 aliphatic carbocycles. The number of benzene rings is 1. The number of unbranched alkanes of at least 4 members (excludes halogenated alkanes) is 8. The molecule has 1 aromatic carbocycles. The van der Waals surface area contributed by atoms with Crippen LogP contribution in [0.15, 0.2) is 24.3 Å². The van der Waals surface area contributed by atoms with Gasteiger partial charge in [-0.05, 0) is 38.8 Å². The zero-order valence-corrected chi connectivity index (χ0v) is 20.1. The molecule has 0 radical (unpaired) electrons. The quantitative estimate of drug-likeness (QED) is 0.124. The van der Waals surface area contributed by atoms with Crippen molar-refractivity contribution in [3.8, 4) is 23.3 Å². The highest BCUT2D eigenvalue weighted by atomic mass is 16.6. The number of carbonyl (C=O) groups is 2. The smallest absolute Gasteiger partial charge is 0.311 e. The summed E-state index contributed by atoms with van der Waals surface area (Å²) in [5.41, 5.74) is 0. The van der Waals surface area contributed by atoms with Gasteiger partial charge in [-0.1, -0.05) is 75.8 Å². The fourth-order valence-electron chi connectivity index (χ4n) is 3.11. The molecule has 0 saturated heterocycles. The van der Waals surface area contributed by atoms with Gasteiger partial charge in [0.25, 0.3) is 0 Å². The molecule has 0 heterocycles. The van der Waals surface area contributed by atoms with Crippen LogP contribution in [0, 0.1) is 11.8 Å². The minimum atomic E-state index is -0.400. The number of hydrogen-bond donors (Lipinski definition) is 0. The second kappa shape index (κ2) is 18.1. The average molecular weight is 445 g/mol. The molecule has 1 aromatic rings. The van der Waals surface area contributed by atoms with Crippen LogP contribution in [0.2, 0.25) is 0 Å². The lowest BCUT2D eigenvalue weighted by Crippen LogP contribution is -2.12. The van der Waals surface area contributed by atoms with Gasteiger partial charge in [0.15, 0.2) is 18.1 Å². The van der Waals surface area contributed by atoms with E-state index in [1.54, 1.807) is 18.2 Å². The molecule has 5 heteroatoms. The molecular formula is C27H40O5. The molecule has 0 amide bonds. The van der Waals surface area contributed by atoms with Crippen LogP contribution in [0.4, 0.5) is 0 Å². The molecule has 1 rings (SSSR count). The highest BCUT2D eigenvalue weighted by Gasteiger charge is 2.12. The predicted molar refractivity (Wildman–Crippen MR) is 128 cm³/mol. The van der Waals surface area contributed by atoms with Gasteiger partial charge in [-0.15, -0.1) is 0 Å². The van der Waals surface area contributed by atoms with Crippen LogP contribution in [0.3, 0.4) is 0 Å². The van der Waals surface area contributed by atoms with Crippen molar-refractivity contribution in [2.45, 2.75) is 104 Å². The van der Waals surface area contributed by atoms with Crippen molar-refractivity contribution in [3.63, 3.8) is 0 Å². The monoisotopic (exact) mass is 444 g/mol. The Kier molecular flexibility index (Phi) is 15.6. The van der Waals surface area contributed by atoms with Crippen LogP contribution in [-0.4, -0.2) is 24.6 Å². The number of hydrogen-bond acceptors (Lipinski definition) is 5. The Bertz CT molecular complexity index is 714. The maximum Gasteiger partial charge on any atom is 0.311 e. The van der Waals surface area contributed by atoms with E-state index in [0.717, 1.165) is 12.8 Å². The standard InChI is InChI=1S/C27H40O5/c1-4-5-6-7-8-9-10-11-12-13-16-22-30-26(28)20-17-21-27(29)32-25-19-15-14-18-24(25)31-23(2)3/h14-15,18-19,23H,4-12,17,20-22H2,1-3H3. The molecule has 0 N–H and O–H groups in total. The SMILES string of the molecule is CCCCCCCCCCC#CCOC(=O)CCCC(=O)Oc1ccccc1OC(C)C. The van der Waals surface area contributed by atoms with E-state index < -0.39 is 5.97 Å². The molecular weight excluding hydrogens is 404 g/mol. The van der Waals surface area contributed by atoms with Gasteiger partial charge in [-0.3, -0.25) is 9.59 Å². The van der Waals surface area contributed by atoms with E-state index in [2.05, 4.69) is 18.8 Å². The van der Waals surface area contributed by atoms with Crippen molar-refractivity contribution in [1.29, 1.82) is 0 Å². The summed E-state index contributed by atoms with van der Waals surface area (Å²) in [6.45, 7) is 6.16. The lowest BCUT2D eigenvalue weighted by atomic mass is 10.1. The molecule has 5 nitrogen and oxygen atoms in total. The second-order valence-corrected chi connectivity index (χ2v) is 8.18. The zero-order valence-electron chi connectivity index (χ0n) is 20.1. The first kappa shape index (κ1) is 27.6. The van der Waals surface area contributed by atoms with Crippen LogP contribution < -0.4 is 9.47 Å². The third kappa shape index (κ3) is 14.5. The van der Waals surface area contributed by atoms with Crippen LogP contribution in [-0.2, 0) is 14.3 Å². The molecule has 178 valence electrons. The van der Waals surface area contributed by atoms with E-state index in [9.17, 15) is 9.59 Å². The molecule has 0 fully saturated rings. The molecule has 0 unspecified atom stereocenters. The minimum absolute atomic E-state index is 0.0203. The van der Waals surface area contributed by atoms with E-state index in [4.69, 9.17) is 14.2 Å². The first-order valence-electron chi connectivity index (χ1n) is 12.1. The van der Waals surface area contributed by atoms with Crippen LogP contribution in [0.1, 0.15) is 97.8 Å². The Balaban J connectivity index is 2.09. The van der Waals surface area contributed by atoms with E-state index in [1.807, 2.05) is 19.9 Å². The predicted octanol–water partition coefficient (Wildman–Crippen LogP) is 6.63. The Morgan fingerprint density at radius 2 is 1.44 bits per heavy atom. The fraction of sp³-hybridized carbons (Fsp3) is 0.630. The summed E-state index contributed by atoms with van der Waals surface area (Å²) in [5.74, 6) is 6.12. The maximum absolute atomic E-state index is 12.1. The molecule has 0 bridgehead atoms. The van der Waals surface area contributed by atoms with Crippen molar-refractivity contribution >= 4 is 11.9 Å². The lowest BCUT2D eigenvalue weighted by Gasteiger charge is -2.13. The first-order chi connectivity index (χ1) is 15.5. The summed E-state index contributed by atoms with van der Waals surface area (Å²) >= 11 is 0. The van der Waals surface area contributed by atoms with Gasteiger partial charge in [0, 0.05) is 19.3 Å². The molecule has 0 saturated carbocycles. The van der Waals surface area contributed by atoms with Gasteiger partial charge in [-0.2, -0.15) is 0 Å². The minimum Gasteiger partial charge on any atom is -0.487 e. The lowest BCUT2D eigenvalue weighted by molar-refractivity contribution is -0.142. The molecule has 32 heavy (non-hydrogen) atoms. The van der Waals surface area contributed by atoms with Crippen molar-refractivity contribution < 1.29 is 23.8 Å². The number of carbonyl (C=O) groups excluding carboxylic acids is 2. The fourth-order valence-corrected chi connectivity index (χ4v) is 3.11. The normalized spacial score (nSPS) is 10.4. The van der Waals surface area contributed by atoms with Gasteiger partial charge < -0.3 is 14.2 Å². The average Bonchev–Trinajstić information content (AvgIpc) is 2.75. The third-order valence-corrected chi connectivity index (χ3v) is 4.78. The number of rotatable bonds is 16. The summed E-state index contributed by atoms with van der Waals surface area (Å²) in [6.07, 6.45) is 11.7. The third-order valence-electron chi connectivity index (χ3n) is 4.78. The summed E-state index contributed by atoms with van der Waals surface area (Å²) in [4.78, 5) is 23.8. The summed E-state index contributed by atoms with van der Waals surface area (Å²) < 4.78 is 16.1. The largest absolute Gasteiger partial charge is 0.487 e. The Morgan fingerprint density at radius 1 is 0.812 bits per heavy atom. The molecule has 0 aliphatic rings. The van der Waals surface area contributed by atoms with Gasteiger partial charge >= 0.3 is 11.9 Å². The number of para-hydroxylation sites is 2. The summed E-state index contributed by atoms with van der Waals surface area (Å²) in [6, 6.07) is 7.05. The van der Waals surface area contributed by atoms with Crippen molar-refractivity contribution in [1.82, 2.24) is 0 Å². The highest BCUT2D eigenvalue weighted by molar-refractivity contribution is 5.75. The topological polar surface area (TPSA) is 61.8 Å². The van der Waals surface area contributed by atoms with Crippen LogP contribution in [0.5, 0.6) is 11.5 Å². The maximum atomic E-state index is 12.1. The Hall–Kier alpha value is -2.48. The molecule has 0 spiro atoms. The van der Waals surface area contributed by atoms with Gasteiger partial charge in [0.2, 0.25) is 0 Å². The van der Waals surface area contributed by atoms with E-state index in [0.29, 0.717) is 17.9 Å². The van der Waals surface area contributed by atoms with E-state index >= 15 is 0 Å². The van der Waals surface area contributed by atoms with Crippen LogP contribution >= 0.6 is 0 Å². The van der Waals surface area contributed by atoms with Crippen LogP contribution in [0.25, 0.3) is 0 Å². The molecule has 0 aliphatic heterocycles. The molecule has 0 aromatic heterocycles. The molecule has 0 atom stereocenters. The van der Waals surface area contributed by atoms with Gasteiger partial charge in [0.1, 0.15) is 0 Å². The van der Waals surface area contributed by atoms with Gasteiger partial charge in [-0.25, -0.2) is 0 Å². The van der Waals surface area contributed by atoms with E-state index in [1.165, 1.54) is 44.9 Å². The Morgan fingerprint density at radius 3 is 2.12 bits per heavy atom. The van der Waals surface area contributed by atoms with Crippen molar-refractivity contribution in [2.75, 3.05) is 6.61 Å². The first-order valence-corrected chi connectivity index (χ1v) is 12.1. The zero-order chi connectivity index (χ0) is 23.4. The Labute approximate surface area is 194 Å². The second-order valence-electron chi connectivity index (χ2n) is 8.18. The summed E-state index contributed by atoms with van der Waals surface area (Å²) in [7, 11) is 0.